The number of ketones is 1. The molecule has 138 valence electrons. The van der Waals surface area contributed by atoms with Gasteiger partial charge in [-0.2, -0.15) is 0 Å². The molecule has 0 saturated carbocycles. The number of carbonyl (C=O) groups is 2. The van der Waals surface area contributed by atoms with Gasteiger partial charge in [0.05, 0.1) is 12.8 Å². The number of carbonyl (C=O) groups excluding carboxylic acids is 2. The average Bonchev–Trinajstić information content (AvgIpc) is 3.03. The highest BCUT2D eigenvalue weighted by molar-refractivity contribution is 7.17. The summed E-state index contributed by atoms with van der Waals surface area (Å²) < 4.78 is 10.7. The van der Waals surface area contributed by atoms with Gasteiger partial charge >= 0.3 is 5.97 Å². The Kier molecular flexibility index (Phi) is 5.58. The Balaban J connectivity index is 1.88. The molecule has 0 atom stereocenters. The molecule has 1 aromatic heterocycles. The summed E-state index contributed by atoms with van der Waals surface area (Å²) in [5.74, 6) is -0.0827. The zero-order valence-corrected chi connectivity index (χ0v) is 16.5. The Morgan fingerprint density at radius 1 is 1.11 bits per heavy atom. The lowest BCUT2D eigenvalue weighted by Gasteiger charge is -2.09. The third kappa shape index (κ3) is 4.18. The number of hydrogen-bond donors (Lipinski definition) is 0. The van der Waals surface area contributed by atoms with E-state index in [1.807, 2.05) is 12.1 Å². The highest BCUT2D eigenvalue weighted by atomic mass is 35.5. The predicted octanol–water partition coefficient (Wildman–Crippen LogP) is 5.20. The number of halogens is 1. The zero-order chi connectivity index (χ0) is 19.6. The minimum Gasteiger partial charge on any atom is -0.493 e. The standard InChI is InChI=1S/C20H16ClNO4S/c1-11-18(27-19(22-11)14-5-4-6-15(21)9-14)20(24)26-16-8-7-13(12(2)23)10-17(16)25-3/h4-10H,1-3H3. The molecule has 0 aliphatic rings. The third-order valence-electron chi connectivity index (χ3n) is 3.83. The molecule has 1 heterocycles. The number of nitrogens with zero attached hydrogens (tertiary/aromatic N) is 1. The number of hydrogen-bond acceptors (Lipinski definition) is 6. The fourth-order valence-corrected chi connectivity index (χ4v) is 3.58. The van der Waals surface area contributed by atoms with Crippen LogP contribution < -0.4 is 9.47 Å². The smallest absolute Gasteiger partial charge is 0.355 e. The predicted molar refractivity (Wildman–Crippen MR) is 105 cm³/mol. The molecule has 2 aromatic carbocycles. The van der Waals surface area contributed by atoms with Gasteiger partial charge in [0.25, 0.3) is 0 Å². The SMILES string of the molecule is COc1cc(C(C)=O)ccc1OC(=O)c1sc(-c2cccc(Cl)c2)nc1C. The second-order valence-corrected chi connectivity index (χ2v) is 7.19. The van der Waals surface area contributed by atoms with Crippen LogP contribution in [0, 0.1) is 6.92 Å². The molecule has 5 nitrogen and oxygen atoms in total. The molecule has 0 aliphatic carbocycles. The van der Waals surface area contributed by atoms with Crippen molar-refractivity contribution in [1.29, 1.82) is 0 Å². The van der Waals surface area contributed by atoms with Crippen LogP contribution in [0.4, 0.5) is 0 Å². The molecule has 0 spiro atoms. The Bertz CT molecular complexity index is 1030. The van der Waals surface area contributed by atoms with Crippen molar-refractivity contribution in [2.75, 3.05) is 7.11 Å². The topological polar surface area (TPSA) is 65.5 Å². The number of aryl methyl sites for hydroxylation is 1. The third-order valence-corrected chi connectivity index (χ3v) is 5.25. The summed E-state index contributed by atoms with van der Waals surface area (Å²) in [7, 11) is 1.45. The molecule has 3 aromatic rings. The molecule has 0 unspecified atom stereocenters. The molecule has 0 saturated heterocycles. The number of methoxy groups -OCH3 is 1. The first-order valence-corrected chi connectivity index (χ1v) is 9.23. The summed E-state index contributed by atoms with van der Waals surface area (Å²) >= 11 is 7.26. The molecule has 0 bridgehead atoms. The minimum absolute atomic E-state index is 0.101. The van der Waals surface area contributed by atoms with E-state index < -0.39 is 5.97 Å². The van der Waals surface area contributed by atoms with Crippen molar-refractivity contribution in [2.45, 2.75) is 13.8 Å². The molecule has 7 heteroatoms. The van der Waals surface area contributed by atoms with Crippen LogP contribution in [0.1, 0.15) is 32.6 Å². The van der Waals surface area contributed by atoms with Gasteiger partial charge in [-0.1, -0.05) is 23.7 Å². The van der Waals surface area contributed by atoms with Crippen molar-refractivity contribution in [2.24, 2.45) is 0 Å². The fraction of sp³-hybridized carbons (Fsp3) is 0.150. The average molecular weight is 402 g/mol. The van der Waals surface area contributed by atoms with E-state index in [1.54, 1.807) is 37.3 Å². The minimum atomic E-state index is -0.535. The van der Waals surface area contributed by atoms with Crippen molar-refractivity contribution < 1.29 is 19.1 Å². The van der Waals surface area contributed by atoms with Gasteiger partial charge in [-0.05, 0) is 44.2 Å². The van der Waals surface area contributed by atoms with E-state index in [1.165, 1.54) is 25.4 Å². The molecule has 0 N–H and O–H groups in total. The maximum absolute atomic E-state index is 12.6. The van der Waals surface area contributed by atoms with E-state index in [4.69, 9.17) is 21.1 Å². The van der Waals surface area contributed by atoms with E-state index in [2.05, 4.69) is 4.98 Å². The van der Waals surface area contributed by atoms with E-state index in [-0.39, 0.29) is 11.5 Å². The van der Waals surface area contributed by atoms with Crippen LogP contribution in [-0.2, 0) is 0 Å². The van der Waals surface area contributed by atoms with Gasteiger partial charge in [-0.3, -0.25) is 4.79 Å². The summed E-state index contributed by atoms with van der Waals surface area (Å²) in [5, 5.41) is 1.28. The summed E-state index contributed by atoms with van der Waals surface area (Å²) in [4.78, 5) is 29.0. The lowest BCUT2D eigenvalue weighted by Crippen LogP contribution is -2.09. The normalized spacial score (nSPS) is 10.5. The fourth-order valence-electron chi connectivity index (χ4n) is 2.45. The van der Waals surface area contributed by atoms with E-state index >= 15 is 0 Å². The van der Waals surface area contributed by atoms with Crippen molar-refractivity contribution in [1.82, 2.24) is 4.98 Å². The number of esters is 1. The number of aromatic nitrogens is 1. The van der Waals surface area contributed by atoms with Crippen molar-refractivity contribution in [3.63, 3.8) is 0 Å². The maximum Gasteiger partial charge on any atom is 0.355 e. The Hall–Kier alpha value is -2.70. The molecule has 0 aliphatic heterocycles. The van der Waals surface area contributed by atoms with Gasteiger partial charge in [0, 0.05) is 16.1 Å². The van der Waals surface area contributed by atoms with E-state index in [9.17, 15) is 9.59 Å². The quantitative estimate of drug-likeness (QED) is 0.334. The van der Waals surface area contributed by atoms with Gasteiger partial charge in [-0.25, -0.2) is 9.78 Å². The molecule has 3 rings (SSSR count). The van der Waals surface area contributed by atoms with Gasteiger partial charge in [0.1, 0.15) is 9.88 Å². The van der Waals surface area contributed by atoms with Gasteiger partial charge in [-0.15, -0.1) is 11.3 Å². The number of rotatable bonds is 5. The molecular formula is C20H16ClNO4S. The first-order valence-electron chi connectivity index (χ1n) is 8.03. The Morgan fingerprint density at radius 3 is 2.56 bits per heavy atom. The molecule has 0 fully saturated rings. The van der Waals surface area contributed by atoms with E-state index in [0.29, 0.717) is 31.9 Å². The van der Waals surface area contributed by atoms with Crippen LogP contribution in [0.15, 0.2) is 42.5 Å². The number of Topliss-reactive ketones (excluding diaryl/α,β-unsaturated/α-hetero) is 1. The first kappa shape index (κ1) is 19.1. The summed E-state index contributed by atoms with van der Waals surface area (Å²) in [6, 6.07) is 11.9. The van der Waals surface area contributed by atoms with Crippen LogP contribution in [0.5, 0.6) is 11.5 Å². The van der Waals surface area contributed by atoms with Crippen LogP contribution in [0.25, 0.3) is 10.6 Å². The monoisotopic (exact) mass is 401 g/mol. The van der Waals surface area contributed by atoms with Crippen LogP contribution in [-0.4, -0.2) is 23.8 Å². The summed E-state index contributed by atoms with van der Waals surface area (Å²) in [6.07, 6.45) is 0. The van der Waals surface area contributed by atoms with Crippen molar-refractivity contribution >= 4 is 34.7 Å². The molecule has 27 heavy (non-hydrogen) atoms. The molecular weight excluding hydrogens is 386 g/mol. The van der Waals surface area contributed by atoms with Gasteiger partial charge in [0.2, 0.25) is 0 Å². The summed E-state index contributed by atoms with van der Waals surface area (Å²) in [6.45, 7) is 3.20. The summed E-state index contributed by atoms with van der Waals surface area (Å²) in [5.41, 5.74) is 1.88. The number of thiazole rings is 1. The lowest BCUT2D eigenvalue weighted by molar-refractivity contribution is 0.0734. The lowest BCUT2D eigenvalue weighted by atomic mass is 10.1. The maximum atomic E-state index is 12.6. The zero-order valence-electron chi connectivity index (χ0n) is 14.9. The van der Waals surface area contributed by atoms with Crippen LogP contribution >= 0.6 is 22.9 Å². The van der Waals surface area contributed by atoms with Crippen molar-refractivity contribution in [3.05, 3.63) is 63.6 Å². The highest BCUT2D eigenvalue weighted by Crippen LogP contribution is 2.32. The second kappa shape index (κ2) is 7.90. The first-order chi connectivity index (χ1) is 12.9. The number of benzene rings is 2. The van der Waals surface area contributed by atoms with Crippen LogP contribution in [0.3, 0.4) is 0 Å². The van der Waals surface area contributed by atoms with Gasteiger partial charge in [0.15, 0.2) is 17.3 Å². The van der Waals surface area contributed by atoms with E-state index in [0.717, 1.165) is 5.56 Å². The molecule has 0 radical (unpaired) electrons. The number of ether oxygens (including phenoxy) is 2. The van der Waals surface area contributed by atoms with Gasteiger partial charge < -0.3 is 9.47 Å². The Labute approximate surface area is 165 Å². The second-order valence-electron chi connectivity index (χ2n) is 5.76. The largest absolute Gasteiger partial charge is 0.493 e. The Morgan fingerprint density at radius 2 is 1.89 bits per heavy atom. The molecule has 0 amide bonds. The van der Waals surface area contributed by atoms with Crippen LogP contribution in [0.2, 0.25) is 5.02 Å². The highest BCUT2D eigenvalue weighted by Gasteiger charge is 2.20. The van der Waals surface area contributed by atoms with Crippen molar-refractivity contribution in [3.8, 4) is 22.1 Å².